The minimum atomic E-state index is -0.920. The number of hydrogen-bond acceptors (Lipinski definition) is 2. The molecule has 0 aliphatic carbocycles. The van der Waals surface area contributed by atoms with E-state index in [-0.39, 0.29) is 5.91 Å². The summed E-state index contributed by atoms with van der Waals surface area (Å²) in [6, 6.07) is 5.20. The molecule has 1 aromatic rings. The van der Waals surface area contributed by atoms with Gasteiger partial charge in [-0.3, -0.25) is 4.79 Å². The van der Waals surface area contributed by atoms with Gasteiger partial charge in [0.1, 0.15) is 0 Å². The second-order valence-corrected chi connectivity index (χ2v) is 5.79. The lowest BCUT2D eigenvalue weighted by molar-refractivity contribution is -0.132. The zero-order chi connectivity index (χ0) is 14.7. The highest BCUT2D eigenvalue weighted by Crippen LogP contribution is 2.21. The molecule has 0 aromatic heterocycles. The fourth-order valence-corrected chi connectivity index (χ4v) is 2.47. The van der Waals surface area contributed by atoms with Gasteiger partial charge in [-0.1, -0.05) is 19.9 Å². The molecule has 1 aliphatic heterocycles. The number of rotatable bonds is 4. The molecular weight excluding hydrogens is 254 g/mol. The van der Waals surface area contributed by atoms with Crippen LogP contribution in [0.2, 0.25) is 0 Å². The van der Waals surface area contributed by atoms with Gasteiger partial charge in [0.05, 0.1) is 5.56 Å². The molecule has 0 fully saturated rings. The molecule has 0 saturated carbocycles. The molecule has 0 bridgehead atoms. The molecule has 4 nitrogen and oxygen atoms in total. The standard InChI is InChI=1S/C16H21NO3/c1-11(2)3-6-15(18)17-8-7-12-4-5-13(16(19)20)9-14(12)10-17/h4-5,9,11H,3,6-8,10H2,1-2H3,(H,19,20). The quantitative estimate of drug-likeness (QED) is 0.919. The van der Waals surface area contributed by atoms with Crippen molar-refractivity contribution in [3.8, 4) is 0 Å². The van der Waals surface area contributed by atoms with Gasteiger partial charge in [-0.05, 0) is 42.0 Å². The molecular formula is C16H21NO3. The molecule has 2 rings (SSSR count). The van der Waals surface area contributed by atoms with E-state index in [1.54, 1.807) is 12.1 Å². The van der Waals surface area contributed by atoms with Crippen LogP contribution >= 0.6 is 0 Å². The Hall–Kier alpha value is -1.84. The van der Waals surface area contributed by atoms with Gasteiger partial charge in [-0.15, -0.1) is 0 Å². The SMILES string of the molecule is CC(C)CCC(=O)N1CCc2ccc(C(=O)O)cc2C1. The zero-order valence-corrected chi connectivity index (χ0v) is 12.1. The second kappa shape index (κ2) is 6.07. The van der Waals surface area contributed by atoms with E-state index in [0.717, 1.165) is 30.5 Å². The first-order valence-corrected chi connectivity index (χ1v) is 7.10. The fourth-order valence-electron chi connectivity index (χ4n) is 2.47. The Morgan fingerprint density at radius 3 is 2.70 bits per heavy atom. The van der Waals surface area contributed by atoms with Crippen molar-refractivity contribution in [2.45, 2.75) is 39.7 Å². The first kappa shape index (κ1) is 14.6. The molecule has 0 saturated heterocycles. The summed E-state index contributed by atoms with van der Waals surface area (Å²) in [5.41, 5.74) is 2.41. The molecule has 1 aliphatic rings. The Labute approximate surface area is 119 Å². The van der Waals surface area contributed by atoms with Crippen LogP contribution in [0.25, 0.3) is 0 Å². The van der Waals surface area contributed by atoms with Crippen LogP contribution in [-0.4, -0.2) is 28.4 Å². The first-order valence-electron chi connectivity index (χ1n) is 7.10. The van der Waals surface area contributed by atoms with Gasteiger partial charge in [0.15, 0.2) is 0 Å². The number of carboxylic acids is 1. The Bertz CT molecular complexity index is 522. The maximum absolute atomic E-state index is 12.1. The van der Waals surface area contributed by atoms with Gasteiger partial charge < -0.3 is 10.0 Å². The van der Waals surface area contributed by atoms with Crippen LogP contribution < -0.4 is 0 Å². The van der Waals surface area contributed by atoms with E-state index in [1.807, 2.05) is 11.0 Å². The van der Waals surface area contributed by atoms with Gasteiger partial charge in [0.2, 0.25) is 5.91 Å². The maximum Gasteiger partial charge on any atom is 0.335 e. The Balaban J connectivity index is 2.07. The second-order valence-electron chi connectivity index (χ2n) is 5.79. The molecule has 108 valence electrons. The van der Waals surface area contributed by atoms with E-state index in [2.05, 4.69) is 13.8 Å². The van der Waals surface area contributed by atoms with Gasteiger partial charge in [0.25, 0.3) is 0 Å². The minimum absolute atomic E-state index is 0.171. The predicted molar refractivity (Wildman–Crippen MR) is 76.6 cm³/mol. The summed E-state index contributed by atoms with van der Waals surface area (Å²) in [7, 11) is 0. The summed E-state index contributed by atoms with van der Waals surface area (Å²) < 4.78 is 0. The molecule has 1 amide bonds. The lowest BCUT2D eigenvalue weighted by Crippen LogP contribution is -2.36. The Morgan fingerprint density at radius 1 is 1.30 bits per heavy atom. The van der Waals surface area contributed by atoms with Crippen molar-refractivity contribution in [3.63, 3.8) is 0 Å². The van der Waals surface area contributed by atoms with Crippen molar-refractivity contribution < 1.29 is 14.7 Å². The predicted octanol–water partition coefficient (Wildman–Crippen LogP) is 2.71. The van der Waals surface area contributed by atoms with Crippen molar-refractivity contribution in [1.82, 2.24) is 4.90 Å². The monoisotopic (exact) mass is 275 g/mol. The van der Waals surface area contributed by atoms with Crippen LogP contribution in [0.1, 0.15) is 48.2 Å². The van der Waals surface area contributed by atoms with Crippen molar-refractivity contribution in [1.29, 1.82) is 0 Å². The number of benzene rings is 1. The topological polar surface area (TPSA) is 57.6 Å². The van der Waals surface area contributed by atoms with E-state index in [0.29, 0.717) is 24.4 Å². The maximum atomic E-state index is 12.1. The van der Waals surface area contributed by atoms with Crippen LogP contribution in [-0.2, 0) is 17.8 Å². The average Bonchev–Trinajstić information content (AvgIpc) is 2.43. The summed E-state index contributed by atoms with van der Waals surface area (Å²) in [5.74, 6) is -0.226. The first-order chi connectivity index (χ1) is 9.47. The van der Waals surface area contributed by atoms with Crippen LogP contribution in [0, 0.1) is 5.92 Å². The Morgan fingerprint density at radius 2 is 2.05 bits per heavy atom. The zero-order valence-electron chi connectivity index (χ0n) is 12.1. The molecule has 1 aromatic carbocycles. The molecule has 20 heavy (non-hydrogen) atoms. The molecule has 4 heteroatoms. The lowest BCUT2D eigenvalue weighted by Gasteiger charge is -2.29. The third-order valence-electron chi connectivity index (χ3n) is 3.75. The summed E-state index contributed by atoms with van der Waals surface area (Å²) >= 11 is 0. The van der Waals surface area contributed by atoms with Crippen molar-refractivity contribution in [2.75, 3.05) is 6.54 Å². The lowest BCUT2D eigenvalue weighted by atomic mass is 9.97. The van der Waals surface area contributed by atoms with Crippen LogP contribution in [0.15, 0.2) is 18.2 Å². The number of carboxylic acid groups (broad SMARTS) is 1. The van der Waals surface area contributed by atoms with E-state index >= 15 is 0 Å². The summed E-state index contributed by atoms with van der Waals surface area (Å²) in [6.07, 6.45) is 2.28. The van der Waals surface area contributed by atoms with E-state index in [9.17, 15) is 9.59 Å². The van der Waals surface area contributed by atoms with Gasteiger partial charge in [0, 0.05) is 19.5 Å². The Kier molecular flexibility index (Phi) is 4.42. The van der Waals surface area contributed by atoms with Crippen LogP contribution in [0.4, 0.5) is 0 Å². The van der Waals surface area contributed by atoms with Crippen molar-refractivity contribution in [2.24, 2.45) is 5.92 Å². The highest BCUT2D eigenvalue weighted by Gasteiger charge is 2.21. The van der Waals surface area contributed by atoms with E-state index < -0.39 is 5.97 Å². The number of hydrogen-bond donors (Lipinski definition) is 1. The number of nitrogens with zero attached hydrogens (tertiary/aromatic N) is 1. The van der Waals surface area contributed by atoms with Gasteiger partial charge in [-0.2, -0.15) is 0 Å². The molecule has 0 unspecified atom stereocenters. The summed E-state index contributed by atoms with van der Waals surface area (Å²) in [6.45, 7) is 5.49. The highest BCUT2D eigenvalue weighted by atomic mass is 16.4. The molecule has 1 heterocycles. The number of aromatic carboxylic acids is 1. The summed E-state index contributed by atoms with van der Waals surface area (Å²) in [5, 5.41) is 9.03. The third kappa shape index (κ3) is 3.38. The van der Waals surface area contributed by atoms with E-state index in [1.165, 1.54) is 0 Å². The molecule has 1 N–H and O–H groups in total. The summed E-state index contributed by atoms with van der Waals surface area (Å²) in [4.78, 5) is 25.0. The number of fused-ring (bicyclic) bond motifs is 1. The number of carbonyl (C=O) groups excluding carboxylic acids is 1. The molecule has 0 spiro atoms. The largest absolute Gasteiger partial charge is 0.478 e. The van der Waals surface area contributed by atoms with Crippen molar-refractivity contribution >= 4 is 11.9 Å². The number of carbonyl (C=O) groups is 2. The van der Waals surface area contributed by atoms with Gasteiger partial charge >= 0.3 is 5.97 Å². The van der Waals surface area contributed by atoms with Crippen molar-refractivity contribution in [3.05, 3.63) is 34.9 Å². The molecule has 0 atom stereocenters. The third-order valence-corrected chi connectivity index (χ3v) is 3.75. The van der Waals surface area contributed by atoms with Crippen LogP contribution in [0.3, 0.4) is 0 Å². The minimum Gasteiger partial charge on any atom is -0.478 e. The fraction of sp³-hybridized carbons (Fsp3) is 0.500. The van der Waals surface area contributed by atoms with Crippen LogP contribution in [0.5, 0.6) is 0 Å². The molecule has 0 radical (unpaired) electrons. The van der Waals surface area contributed by atoms with E-state index in [4.69, 9.17) is 5.11 Å². The smallest absolute Gasteiger partial charge is 0.335 e. The highest BCUT2D eigenvalue weighted by molar-refractivity contribution is 5.88. The van der Waals surface area contributed by atoms with Gasteiger partial charge in [-0.25, -0.2) is 4.79 Å². The average molecular weight is 275 g/mol. The number of amides is 1. The normalized spacial score (nSPS) is 14.2.